The highest BCUT2D eigenvalue weighted by atomic mass is 16.1. The number of rotatable bonds is 4. The van der Waals surface area contributed by atoms with Crippen LogP contribution in [-0.4, -0.2) is 12.5 Å². The van der Waals surface area contributed by atoms with Gasteiger partial charge in [0, 0.05) is 13.1 Å². The minimum absolute atomic E-state index is 0.0630. The van der Waals surface area contributed by atoms with Gasteiger partial charge in [-0.05, 0) is 23.8 Å². The highest BCUT2D eigenvalue weighted by Crippen LogP contribution is 2.04. The van der Waals surface area contributed by atoms with Crippen molar-refractivity contribution in [2.24, 2.45) is 10.9 Å². The smallest absolute Gasteiger partial charge is 0.254 e. The van der Waals surface area contributed by atoms with E-state index in [1.807, 2.05) is 43.3 Å². The van der Waals surface area contributed by atoms with Crippen molar-refractivity contribution in [2.75, 3.05) is 6.54 Å². The Bertz CT molecular complexity index is 766. The Morgan fingerprint density at radius 2 is 1.95 bits per heavy atom. The van der Waals surface area contributed by atoms with E-state index in [1.54, 1.807) is 0 Å². The Hall–Kier alpha value is -2.26. The first-order valence-corrected chi connectivity index (χ1v) is 7.18. The van der Waals surface area contributed by atoms with E-state index in [-0.39, 0.29) is 11.8 Å². The largest absolute Gasteiger partial charge is 0.312 e. The van der Waals surface area contributed by atoms with Gasteiger partial charge in [0.1, 0.15) is 0 Å². The molecular formula is C18H18N2O. The summed E-state index contributed by atoms with van der Waals surface area (Å²) in [6.45, 7) is 3.43. The molecule has 0 radical (unpaired) electrons. The molecule has 2 aromatic carbocycles. The maximum absolute atomic E-state index is 12.0. The molecule has 2 aromatic rings. The van der Waals surface area contributed by atoms with Crippen molar-refractivity contribution in [1.82, 2.24) is 5.32 Å². The molecule has 3 nitrogen and oxygen atoms in total. The molecule has 0 aliphatic carbocycles. The summed E-state index contributed by atoms with van der Waals surface area (Å²) in [6, 6.07) is 16.1. The van der Waals surface area contributed by atoms with Crippen LogP contribution >= 0.6 is 0 Å². The molecule has 0 fully saturated rings. The van der Waals surface area contributed by atoms with Crippen molar-refractivity contribution in [3.63, 3.8) is 0 Å². The summed E-state index contributed by atoms with van der Waals surface area (Å²) in [5, 5.41) is 5.17. The number of aryl methyl sites for hydroxylation is 1. The Morgan fingerprint density at radius 3 is 2.76 bits per heavy atom. The minimum Gasteiger partial charge on any atom is -0.312 e. The highest BCUT2D eigenvalue weighted by molar-refractivity contribution is 5.86. The average Bonchev–Trinajstić information content (AvgIpc) is 2.49. The molecule has 3 rings (SSSR count). The molecule has 0 bridgehead atoms. The van der Waals surface area contributed by atoms with Crippen LogP contribution in [0.25, 0.3) is 6.08 Å². The van der Waals surface area contributed by atoms with E-state index >= 15 is 0 Å². The standard InChI is InChI=1S/C18H18N2O/c1-13-7-8-17-15(9-13)10-16(18(21)20-17)12-19-11-14-5-3-2-4-6-14/h2-10,16,19H,11-12H2,1H3. The second-order valence-corrected chi connectivity index (χ2v) is 5.40. The number of carbonyl (C=O) groups is 1. The molecule has 3 heteroatoms. The van der Waals surface area contributed by atoms with Gasteiger partial charge < -0.3 is 5.32 Å². The molecule has 1 aliphatic rings. The van der Waals surface area contributed by atoms with Gasteiger partial charge in [0.05, 0.1) is 11.3 Å². The van der Waals surface area contributed by atoms with E-state index < -0.39 is 0 Å². The molecular weight excluding hydrogens is 260 g/mol. The Kier molecular flexibility index (Phi) is 3.93. The second kappa shape index (κ2) is 6.02. The number of nitrogens with one attached hydrogen (secondary N) is 1. The van der Waals surface area contributed by atoms with Crippen LogP contribution in [0.2, 0.25) is 0 Å². The van der Waals surface area contributed by atoms with E-state index in [9.17, 15) is 4.79 Å². The molecule has 0 saturated heterocycles. The number of hydrogen-bond donors (Lipinski definition) is 1. The number of amides is 1. The fraction of sp³-hybridized carbons (Fsp3) is 0.222. The van der Waals surface area contributed by atoms with Crippen molar-refractivity contribution in [3.05, 3.63) is 70.2 Å². The molecule has 21 heavy (non-hydrogen) atoms. The predicted molar refractivity (Wildman–Crippen MR) is 83.1 cm³/mol. The third-order valence-corrected chi connectivity index (χ3v) is 3.65. The summed E-state index contributed by atoms with van der Waals surface area (Å²) in [4.78, 5) is 16.2. The molecule has 1 unspecified atom stereocenters. The molecule has 0 saturated carbocycles. The molecule has 0 spiro atoms. The summed E-state index contributed by atoms with van der Waals surface area (Å²) in [7, 11) is 0. The van der Waals surface area contributed by atoms with Gasteiger partial charge >= 0.3 is 0 Å². The molecule has 1 amide bonds. The van der Waals surface area contributed by atoms with Crippen molar-refractivity contribution in [2.45, 2.75) is 13.5 Å². The zero-order chi connectivity index (χ0) is 14.7. The lowest BCUT2D eigenvalue weighted by Gasteiger charge is -2.13. The van der Waals surface area contributed by atoms with E-state index in [0.717, 1.165) is 17.1 Å². The number of fused-ring (bicyclic) bond motifs is 1. The Balaban J connectivity index is 1.70. The lowest BCUT2D eigenvalue weighted by Crippen LogP contribution is -2.37. The zero-order valence-corrected chi connectivity index (χ0v) is 12.0. The third-order valence-electron chi connectivity index (χ3n) is 3.65. The first kappa shape index (κ1) is 13.7. The van der Waals surface area contributed by atoms with Gasteiger partial charge in [-0.3, -0.25) is 4.79 Å². The molecule has 1 aliphatic heterocycles. The quantitative estimate of drug-likeness (QED) is 0.917. The predicted octanol–water partition coefficient (Wildman–Crippen LogP) is 1.34. The second-order valence-electron chi connectivity index (χ2n) is 5.40. The monoisotopic (exact) mass is 278 g/mol. The maximum Gasteiger partial charge on any atom is 0.254 e. The first-order chi connectivity index (χ1) is 10.2. The minimum atomic E-state index is -0.178. The van der Waals surface area contributed by atoms with Crippen molar-refractivity contribution < 1.29 is 4.79 Å². The van der Waals surface area contributed by atoms with Gasteiger partial charge in [0.15, 0.2) is 0 Å². The SMILES string of the molecule is Cc1ccc2c(c1)=CC(CNCc1ccccc1)C(=O)N=2. The number of hydrogen-bond acceptors (Lipinski definition) is 2. The van der Waals surface area contributed by atoms with Gasteiger partial charge in [0.2, 0.25) is 0 Å². The number of benzene rings is 2. The van der Waals surface area contributed by atoms with E-state index in [1.165, 1.54) is 11.1 Å². The Labute approximate surface area is 124 Å². The van der Waals surface area contributed by atoms with Crippen LogP contribution in [0.5, 0.6) is 0 Å². The molecule has 1 atom stereocenters. The van der Waals surface area contributed by atoms with Crippen LogP contribution < -0.4 is 15.9 Å². The maximum atomic E-state index is 12.0. The van der Waals surface area contributed by atoms with E-state index in [4.69, 9.17) is 0 Å². The topological polar surface area (TPSA) is 41.5 Å². The molecule has 106 valence electrons. The van der Waals surface area contributed by atoms with Crippen molar-refractivity contribution in [3.8, 4) is 0 Å². The molecule has 1 heterocycles. The van der Waals surface area contributed by atoms with Gasteiger partial charge in [0.25, 0.3) is 5.91 Å². The number of carbonyl (C=O) groups excluding carboxylic acids is 1. The molecule has 1 N–H and O–H groups in total. The lowest BCUT2D eigenvalue weighted by atomic mass is 10.0. The van der Waals surface area contributed by atoms with Crippen LogP contribution in [0.15, 0.2) is 53.5 Å². The summed E-state index contributed by atoms with van der Waals surface area (Å²) < 4.78 is 0. The van der Waals surface area contributed by atoms with Gasteiger partial charge in [-0.25, -0.2) is 4.99 Å². The average molecular weight is 278 g/mol. The van der Waals surface area contributed by atoms with Crippen LogP contribution in [0.3, 0.4) is 0 Å². The lowest BCUT2D eigenvalue weighted by molar-refractivity contribution is -0.120. The van der Waals surface area contributed by atoms with Crippen molar-refractivity contribution in [1.29, 1.82) is 0 Å². The van der Waals surface area contributed by atoms with Crippen LogP contribution in [-0.2, 0) is 11.3 Å². The number of nitrogens with zero attached hydrogens (tertiary/aromatic N) is 1. The fourth-order valence-electron chi connectivity index (χ4n) is 2.51. The van der Waals surface area contributed by atoms with Gasteiger partial charge in [-0.15, -0.1) is 0 Å². The summed E-state index contributed by atoms with van der Waals surface area (Å²) >= 11 is 0. The summed E-state index contributed by atoms with van der Waals surface area (Å²) in [5.41, 5.74) is 2.40. The fourth-order valence-corrected chi connectivity index (χ4v) is 2.51. The van der Waals surface area contributed by atoms with Gasteiger partial charge in [-0.1, -0.05) is 54.1 Å². The highest BCUT2D eigenvalue weighted by Gasteiger charge is 2.17. The van der Waals surface area contributed by atoms with Crippen LogP contribution in [0.1, 0.15) is 11.1 Å². The van der Waals surface area contributed by atoms with Crippen LogP contribution in [0.4, 0.5) is 0 Å². The summed E-state index contributed by atoms with van der Waals surface area (Å²) in [5.74, 6) is -0.241. The third kappa shape index (κ3) is 3.26. The Morgan fingerprint density at radius 1 is 1.14 bits per heavy atom. The first-order valence-electron chi connectivity index (χ1n) is 7.18. The van der Waals surface area contributed by atoms with Gasteiger partial charge in [-0.2, -0.15) is 0 Å². The van der Waals surface area contributed by atoms with Crippen molar-refractivity contribution >= 4 is 12.0 Å². The van der Waals surface area contributed by atoms with E-state index in [2.05, 4.69) is 28.5 Å². The summed E-state index contributed by atoms with van der Waals surface area (Å²) in [6.07, 6.45) is 2.02. The van der Waals surface area contributed by atoms with Crippen LogP contribution in [0, 0.1) is 12.8 Å². The normalized spacial score (nSPS) is 16.8. The zero-order valence-electron chi connectivity index (χ0n) is 12.0. The molecule has 0 aromatic heterocycles. The van der Waals surface area contributed by atoms with E-state index in [0.29, 0.717) is 6.54 Å².